The van der Waals surface area contributed by atoms with E-state index < -0.39 is 5.63 Å². The lowest BCUT2D eigenvalue weighted by Gasteiger charge is -2.11. The van der Waals surface area contributed by atoms with E-state index in [1.807, 2.05) is 13.0 Å². The highest BCUT2D eigenvalue weighted by molar-refractivity contribution is 5.94. The summed E-state index contributed by atoms with van der Waals surface area (Å²) in [5.74, 6) is 0.434. The predicted molar refractivity (Wildman–Crippen MR) is 104 cm³/mol. The second-order valence-corrected chi connectivity index (χ2v) is 7.25. The number of amides is 1. The largest absolute Gasteiger partial charge is 0.508 e. The van der Waals surface area contributed by atoms with Gasteiger partial charge in [-0.15, -0.1) is 0 Å². The van der Waals surface area contributed by atoms with Crippen molar-refractivity contribution in [1.29, 1.82) is 0 Å². The van der Waals surface area contributed by atoms with Gasteiger partial charge in [-0.1, -0.05) is 12.1 Å². The predicted octanol–water partition coefficient (Wildman–Crippen LogP) is 4.17. The minimum absolute atomic E-state index is 0.0284. The summed E-state index contributed by atoms with van der Waals surface area (Å²) in [6, 6.07) is 10.7. The minimum atomic E-state index is -0.554. The normalized spacial score (nSPS) is 13.7. The molecule has 4 rings (SSSR count). The van der Waals surface area contributed by atoms with Crippen LogP contribution in [0.1, 0.15) is 41.0 Å². The fourth-order valence-electron chi connectivity index (χ4n) is 3.44. The number of fused-ring (bicyclic) bond motifs is 1. The van der Waals surface area contributed by atoms with Crippen LogP contribution in [0.15, 0.2) is 45.6 Å². The molecule has 5 heteroatoms. The van der Waals surface area contributed by atoms with Crippen LogP contribution in [0.4, 0.5) is 5.69 Å². The highest BCUT2D eigenvalue weighted by atomic mass is 16.4. The van der Waals surface area contributed by atoms with E-state index in [1.54, 1.807) is 13.0 Å². The molecule has 0 saturated heterocycles. The lowest BCUT2D eigenvalue weighted by Crippen LogP contribution is -2.21. The van der Waals surface area contributed by atoms with Crippen LogP contribution in [-0.4, -0.2) is 11.0 Å². The van der Waals surface area contributed by atoms with Crippen molar-refractivity contribution in [3.05, 3.63) is 69.1 Å². The number of phenolic OH excluding ortho intramolecular Hbond substituents is 1. The van der Waals surface area contributed by atoms with Gasteiger partial charge in [0.05, 0.1) is 12.0 Å². The monoisotopic (exact) mass is 363 g/mol. The number of aryl methyl sites for hydroxylation is 2. The SMILES string of the molecule is Cc1cc(C2CC2)ccc1NC(=O)Cc1c(C)c2ccc(O)cc2oc1=O. The van der Waals surface area contributed by atoms with Gasteiger partial charge in [-0.3, -0.25) is 4.79 Å². The maximum absolute atomic E-state index is 12.5. The van der Waals surface area contributed by atoms with Crippen molar-refractivity contribution in [2.75, 3.05) is 5.32 Å². The van der Waals surface area contributed by atoms with E-state index in [0.29, 0.717) is 28.0 Å². The van der Waals surface area contributed by atoms with Gasteiger partial charge < -0.3 is 14.8 Å². The minimum Gasteiger partial charge on any atom is -0.508 e. The van der Waals surface area contributed by atoms with E-state index in [0.717, 1.165) is 11.3 Å². The average molecular weight is 363 g/mol. The Labute approximate surface area is 156 Å². The van der Waals surface area contributed by atoms with Gasteiger partial charge in [0.15, 0.2) is 0 Å². The van der Waals surface area contributed by atoms with E-state index in [-0.39, 0.29) is 18.1 Å². The Morgan fingerprint density at radius 2 is 1.96 bits per heavy atom. The lowest BCUT2D eigenvalue weighted by molar-refractivity contribution is -0.115. The van der Waals surface area contributed by atoms with Gasteiger partial charge in [0.2, 0.25) is 5.91 Å². The Morgan fingerprint density at radius 3 is 2.67 bits per heavy atom. The van der Waals surface area contributed by atoms with Crippen molar-refractivity contribution in [2.24, 2.45) is 0 Å². The molecule has 0 atom stereocenters. The zero-order valence-electron chi connectivity index (χ0n) is 15.3. The number of hydrogen-bond acceptors (Lipinski definition) is 4. The molecule has 138 valence electrons. The Morgan fingerprint density at radius 1 is 1.19 bits per heavy atom. The third kappa shape index (κ3) is 3.45. The maximum Gasteiger partial charge on any atom is 0.340 e. The van der Waals surface area contributed by atoms with Crippen molar-refractivity contribution in [3.63, 3.8) is 0 Å². The first kappa shape index (κ1) is 17.3. The molecule has 27 heavy (non-hydrogen) atoms. The Kier molecular flexibility index (Phi) is 4.22. The molecule has 1 aliphatic carbocycles. The van der Waals surface area contributed by atoms with Gasteiger partial charge in [-0.2, -0.15) is 0 Å². The summed E-state index contributed by atoms with van der Waals surface area (Å²) in [6.45, 7) is 3.76. The molecule has 0 aliphatic heterocycles. The third-order valence-electron chi connectivity index (χ3n) is 5.18. The second kappa shape index (κ2) is 6.58. The number of benzene rings is 2. The standard InChI is InChI=1S/C22H21NO4/c1-12-9-15(14-3-4-14)5-8-19(12)23-21(25)11-18-13(2)17-7-6-16(24)10-20(17)27-22(18)26/h5-10,14,24H,3-4,11H2,1-2H3,(H,23,25). The molecule has 2 N–H and O–H groups in total. The van der Waals surface area contributed by atoms with E-state index >= 15 is 0 Å². The van der Waals surface area contributed by atoms with Crippen molar-refractivity contribution < 1.29 is 14.3 Å². The number of carbonyl (C=O) groups excluding carboxylic acids is 1. The van der Waals surface area contributed by atoms with Gasteiger partial charge >= 0.3 is 5.63 Å². The quantitative estimate of drug-likeness (QED) is 0.682. The van der Waals surface area contributed by atoms with Crippen molar-refractivity contribution in [3.8, 4) is 5.75 Å². The van der Waals surface area contributed by atoms with Crippen LogP contribution >= 0.6 is 0 Å². The van der Waals surface area contributed by atoms with Crippen LogP contribution < -0.4 is 10.9 Å². The Balaban J connectivity index is 1.58. The Bertz CT molecular complexity index is 1110. The van der Waals surface area contributed by atoms with Crippen molar-refractivity contribution in [2.45, 2.75) is 39.0 Å². The first-order chi connectivity index (χ1) is 12.9. The molecule has 1 aliphatic rings. The number of nitrogens with one attached hydrogen (secondary N) is 1. The van der Waals surface area contributed by atoms with Crippen molar-refractivity contribution in [1.82, 2.24) is 0 Å². The highest BCUT2D eigenvalue weighted by Gasteiger charge is 2.24. The topological polar surface area (TPSA) is 79.5 Å². The summed E-state index contributed by atoms with van der Waals surface area (Å²) in [5.41, 5.74) is 3.88. The molecule has 5 nitrogen and oxygen atoms in total. The van der Waals surface area contributed by atoms with Crippen LogP contribution in [0, 0.1) is 13.8 Å². The van der Waals surface area contributed by atoms with Crippen LogP contribution in [0.25, 0.3) is 11.0 Å². The van der Waals surface area contributed by atoms with Crippen LogP contribution in [-0.2, 0) is 11.2 Å². The van der Waals surface area contributed by atoms with Crippen LogP contribution in [0.2, 0.25) is 0 Å². The molecule has 1 saturated carbocycles. The van der Waals surface area contributed by atoms with Gasteiger partial charge in [-0.25, -0.2) is 4.79 Å². The molecule has 0 unspecified atom stereocenters. The van der Waals surface area contributed by atoms with E-state index in [1.165, 1.54) is 30.5 Å². The maximum atomic E-state index is 12.5. The second-order valence-electron chi connectivity index (χ2n) is 7.25. The number of carbonyl (C=O) groups is 1. The molecular formula is C22H21NO4. The summed E-state index contributed by atoms with van der Waals surface area (Å²) in [5, 5.41) is 13.2. The number of rotatable bonds is 4. The molecule has 1 amide bonds. The van der Waals surface area contributed by atoms with E-state index in [2.05, 4.69) is 17.4 Å². The highest BCUT2D eigenvalue weighted by Crippen LogP contribution is 2.40. The van der Waals surface area contributed by atoms with E-state index in [9.17, 15) is 14.7 Å². The first-order valence-electron chi connectivity index (χ1n) is 9.08. The summed E-state index contributed by atoms with van der Waals surface area (Å²) in [4.78, 5) is 24.8. The Hall–Kier alpha value is -3.08. The fourth-order valence-corrected chi connectivity index (χ4v) is 3.44. The summed E-state index contributed by atoms with van der Waals surface area (Å²) >= 11 is 0. The van der Waals surface area contributed by atoms with Gasteiger partial charge in [0.1, 0.15) is 11.3 Å². The van der Waals surface area contributed by atoms with Gasteiger partial charge in [-0.05, 0) is 67.5 Å². The smallest absolute Gasteiger partial charge is 0.340 e. The van der Waals surface area contributed by atoms with E-state index in [4.69, 9.17) is 4.42 Å². The lowest BCUT2D eigenvalue weighted by atomic mass is 10.0. The molecule has 0 radical (unpaired) electrons. The summed E-state index contributed by atoms with van der Waals surface area (Å²) < 4.78 is 5.28. The number of anilines is 1. The van der Waals surface area contributed by atoms with Gasteiger partial charge in [0, 0.05) is 17.1 Å². The number of phenols is 1. The summed E-state index contributed by atoms with van der Waals surface area (Å²) in [6.07, 6.45) is 2.41. The molecular weight excluding hydrogens is 342 g/mol. The zero-order chi connectivity index (χ0) is 19.1. The van der Waals surface area contributed by atoms with Gasteiger partial charge in [0.25, 0.3) is 0 Å². The van der Waals surface area contributed by atoms with Crippen LogP contribution in [0.3, 0.4) is 0 Å². The molecule has 2 aromatic carbocycles. The number of hydrogen-bond donors (Lipinski definition) is 2. The first-order valence-corrected chi connectivity index (χ1v) is 9.08. The van der Waals surface area contributed by atoms with Crippen molar-refractivity contribution >= 4 is 22.6 Å². The average Bonchev–Trinajstić information content (AvgIpc) is 3.45. The molecule has 0 spiro atoms. The summed E-state index contributed by atoms with van der Waals surface area (Å²) in [7, 11) is 0. The molecule has 1 fully saturated rings. The molecule has 3 aromatic rings. The molecule has 0 bridgehead atoms. The third-order valence-corrected chi connectivity index (χ3v) is 5.18. The molecule has 1 aromatic heterocycles. The fraction of sp³-hybridized carbons (Fsp3) is 0.273. The molecule has 1 heterocycles. The number of aromatic hydroxyl groups is 1. The zero-order valence-corrected chi connectivity index (χ0v) is 15.3. The van der Waals surface area contributed by atoms with Crippen LogP contribution in [0.5, 0.6) is 5.75 Å².